The molecule has 2 heteroatoms. The second kappa shape index (κ2) is 7.98. The van der Waals surface area contributed by atoms with Crippen molar-refractivity contribution in [1.82, 2.24) is 0 Å². The molecule has 0 spiro atoms. The number of rotatable bonds is 5. The summed E-state index contributed by atoms with van der Waals surface area (Å²) in [6, 6.07) is 10.8. The van der Waals surface area contributed by atoms with E-state index in [1.807, 2.05) is 6.08 Å². The van der Waals surface area contributed by atoms with Gasteiger partial charge in [-0.15, -0.1) is 0 Å². The zero-order chi connectivity index (χ0) is 15.9. The van der Waals surface area contributed by atoms with E-state index >= 15 is 0 Å². The van der Waals surface area contributed by atoms with Gasteiger partial charge >= 0.3 is 5.97 Å². The summed E-state index contributed by atoms with van der Waals surface area (Å²) in [6.45, 7) is 4.50. The molecule has 1 aromatic carbocycles. The van der Waals surface area contributed by atoms with E-state index in [9.17, 15) is 4.79 Å². The molecule has 0 saturated carbocycles. The molecule has 0 aliphatic heterocycles. The quantitative estimate of drug-likeness (QED) is 0.563. The van der Waals surface area contributed by atoms with Crippen molar-refractivity contribution in [1.29, 1.82) is 0 Å². The molecule has 1 aromatic rings. The predicted octanol–water partition coefficient (Wildman–Crippen LogP) is 5.03. The summed E-state index contributed by atoms with van der Waals surface area (Å²) in [5, 5.41) is 0. The van der Waals surface area contributed by atoms with Crippen molar-refractivity contribution in [3.05, 3.63) is 59.2 Å². The Bertz CT molecular complexity index is 552. The highest BCUT2D eigenvalue weighted by Gasteiger charge is 2.21. The fraction of sp³-hybridized carbons (Fsp3) is 0.450. The predicted molar refractivity (Wildman–Crippen MR) is 90.7 cm³/mol. The molecule has 1 aliphatic rings. The molecule has 0 amide bonds. The van der Waals surface area contributed by atoms with E-state index in [-0.39, 0.29) is 5.97 Å². The maximum absolute atomic E-state index is 11.3. The maximum Gasteiger partial charge on any atom is 0.330 e. The number of carbonyl (C=O) groups is 1. The number of ether oxygens (including phenoxy) is 1. The van der Waals surface area contributed by atoms with Gasteiger partial charge in [0.25, 0.3) is 0 Å². The van der Waals surface area contributed by atoms with Gasteiger partial charge in [-0.05, 0) is 48.7 Å². The average molecular weight is 298 g/mol. The highest BCUT2D eigenvalue weighted by atomic mass is 16.5. The molecule has 1 aliphatic carbocycles. The van der Waals surface area contributed by atoms with Crippen LogP contribution >= 0.6 is 0 Å². The molecular weight excluding hydrogens is 272 g/mol. The van der Waals surface area contributed by atoms with Gasteiger partial charge in [0, 0.05) is 6.08 Å². The molecule has 118 valence electrons. The van der Waals surface area contributed by atoms with E-state index in [2.05, 4.69) is 44.2 Å². The number of esters is 1. The highest BCUT2D eigenvalue weighted by molar-refractivity contribution is 5.82. The SMILES string of the molecule is COC(=O)/C=C/C1=C(CC(C)C)CC(c2ccccc2)CC1. The highest BCUT2D eigenvalue weighted by Crippen LogP contribution is 2.39. The Labute approximate surface area is 133 Å². The third kappa shape index (κ3) is 4.59. The Balaban J connectivity index is 2.19. The Morgan fingerprint density at radius 2 is 2.05 bits per heavy atom. The minimum Gasteiger partial charge on any atom is -0.466 e. The molecule has 22 heavy (non-hydrogen) atoms. The summed E-state index contributed by atoms with van der Waals surface area (Å²) < 4.78 is 4.70. The summed E-state index contributed by atoms with van der Waals surface area (Å²) >= 11 is 0. The van der Waals surface area contributed by atoms with Crippen LogP contribution in [0, 0.1) is 5.92 Å². The van der Waals surface area contributed by atoms with Crippen LogP contribution in [-0.4, -0.2) is 13.1 Å². The summed E-state index contributed by atoms with van der Waals surface area (Å²) in [5.41, 5.74) is 4.25. The minimum atomic E-state index is -0.276. The van der Waals surface area contributed by atoms with Gasteiger partial charge in [-0.25, -0.2) is 4.79 Å². The van der Waals surface area contributed by atoms with Crippen molar-refractivity contribution in [2.45, 2.75) is 45.4 Å². The van der Waals surface area contributed by atoms with Crippen molar-refractivity contribution in [2.24, 2.45) is 5.92 Å². The topological polar surface area (TPSA) is 26.3 Å². The lowest BCUT2D eigenvalue weighted by atomic mass is 9.77. The van der Waals surface area contributed by atoms with Gasteiger partial charge in [0.05, 0.1) is 7.11 Å². The molecule has 0 saturated heterocycles. The second-order valence-corrected chi connectivity index (χ2v) is 6.43. The van der Waals surface area contributed by atoms with Gasteiger partial charge in [-0.1, -0.05) is 55.8 Å². The van der Waals surface area contributed by atoms with Gasteiger partial charge in [0.2, 0.25) is 0 Å². The van der Waals surface area contributed by atoms with Crippen LogP contribution in [0.25, 0.3) is 0 Å². The smallest absolute Gasteiger partial charge is 0.330 e. The van der Waals surface area contributed by atoms with Crippen LogP contribution in [0.2, 0.25) is 0 Å². The molecule has 0 aromatic heterocycles. The summed E-state index contributed by atoms with van der Waals surface area (Å²) in [6.07, 6.45) is 7.90. The molecule has 1 atom stereocenters. The van der Waals surface area contributed by atoms with Crippen molar-refractivity contribution in [3.8, 4) is 0 Å². The minimum absolute atomic E-state index is 0.276. The first-order chi connectivity index (χ1) is 10.6. The lowest BCUT2D eigenvalue weighted by Gasteiger charge is -2.27. The van der Waals surface area contributed by atoms with Crippen LogP contribution < -0.4 is 0 Å². The number of methoxy groups -OCH3 is 1. The van der Waals surface area contributed by atoms with Crippen molar-refractivity contribution < 1.29 is 9.53 Å². The molecule has 0 N–H and O–H groups in total. The molecule has 0 bridgehead atoms. The molecule has 0 heterocycles. The van der Waals surface area contributed by atoms with Crippen molar-refractivity contribution in [3.63, 3.8) is 0 Å². The Morgan fingerprint density at radius 1 is 1.32 bits per heavy atom. The molecule has 0 radical (unpaired) electrons. The van der Waals surface area contributed by atoms with Gasteiger partial charge in [-0.2, -0.15) is 0 Å². The van der Waals surface area contributed by atoms with E-state index < -0.39 is 0 Å². The fourth-order valence-corrected chi connectivity index (χ4v) is 3.19. The van der Waals surface area contributed by atoms with Gasteiger partial charge in [0.1, 0.15) is 0 Å². The first-order valence-corrected chi connectivity index (χ1v) is 8.12. The first-order valence-electron chi connectivity index (χ1n) is 8.12. The third-order valence-electron chi connectivity index (χ3n) is 4.26. The van der Waals surface area contributed by atoms with Crippen LogP contribution in [-0.2, 0) is 9.53 Å². The van der Waals surface area contributed by atoms with Crippen LogP contribution in [0.15, 0.2) is 53.6 Å². The number of allylic oxidation sites excluding steroid dienone is 3. The number of hydrogen-bond donors (Lipinski definition) is 0. The molecular formula is C20H26O2. The summed E-state index contributed by atoms with van der Waals surface area (Å²) in [7, 11) is 1.42. The Hall–Kier alpha value is -1.83. The van der Waals surface area contributed by atoms with E-state index in [1.54, 1.807) is 6.08 Å². The molecule has 1 unspecified atom stereocenters. The molecule has 0 fully saturated rings. The fourth-order valence-electron chi connectivity index (χ4n) is 3.19. The largest absolute Gasteiger partial charge is 0.466 e. The zero-order valence-electron chi connectivity index (χ0n) is 13.8. The number of carbonyl (C=O) groups excluding carboxylic acids is 1. The number of hydrogen-bond acceptors (Lipinski definition) is 2. The lowest BCUT2D eigenvalue weighted by molar-refractivity contribution is -0.134. The Kier molecular flexibility index (Phi) is 6.00. The standard InChI is InChI=1S/C20H26O2/c1-15(2)13-19-14-18(16-7-5-4-6-8-16)10-9-17(19)11-12-20(21)22-3/h4-8,11-12,15,18H,9-10,13-14H2,1-3H3/b12-11+. The lowest BCUT2D eigenvalue weighted by Crippen LogP contribution is -2.10. The third-order valence-corrected chi connectivity index (χ3v) is 4.26. The average Bonchev–Trinajstić information content (AvgIpc) is 2.53. The number of benzene rings is 1. The van der Waals surface area contributed by atoms with Gasteiger partial charge < -0.3 is 4.74 Å². The monoisotopic (exact) mass is 298 g/mol. The molecule has 2 nitrogen and oxygen atoms in total. The molecule has 2 rings (SSSR count). The normalized spacial score (nSPS) is 19.0. The van der Waals surface area contributed by atoms with E-state index in [0.717, 1.165) is 25.7 Å². The van der Waals surface area contributed by atoms with Gasteiger partial charge in [0.15, 0.2) is 0 Å². The van der Waals surface area contributed by atoms with Crippen molar-refractivity contribution >= 4 is 5.97 Å². The maximum atomic E-state index is 11.3. The van der Waals surface area contributed by atoms with Crippen molar-refractivity contribution in [2.75, 3.05) is 7.11 Å². The van der Waals surface area contributed by atoms with E-state index in [4.69, 9.17) is 4.74 Å². The van der Waals surface area contributed by atoms with Crippen LogP contribution in [0.4, 0.5) is 0 Å². The Morgan fingerprint density at radius 3 is 2.68 bits per heavy atom. The first kappa shape index (κ1) is 16.5. The second-order valence-electron chi connectivity index (χ2n) is 6.43. The van der Waals surface area contributed by atoms with Gasteiger partial charge in [-0.3, -0.25) is 0 Å². The van der Waals surface area contributed by atoms with Crippen LogP contribution in [0.5, 0.6) is 0 Å². The zero-order valence-corrected chi connectivity index (χ0v) is 13.8. The summed E-state index contributed by atoms with van der Waals surface area (Å²) in [4.78, 5) is 11.3. The van der Waals surface area contributed by atoms with Crippen LogP contribution in [0.3, 0.4) is 0 Å². The van der Waals surface area contributed by atoms with E-state index in [0.29, 0.717) is 11.8 Å². The van der Waals surface area contributed by atoms with Crippen LogP contribution in [0.1, 0.15) is 51.0 Å². The van der Waals surface area contributed by atoms with E-state index in [1.165, 1.54) is 23.8 Å². The summed E-state index contributed by atoms with van der Waals surface area (Å²) in [5.74, 6) is 0.956.